The maximum absolute atomic E-state index is 12.4. The van der Waals surface area contributed by atoms with Gasteiger partial charge in [0.25, 0.3) is 0 Å². The van der Waals surface area contributed by atoms with Gasteiger partial charge in [0.05, 0.1) is 13.7 Å². The molecule has 0 saturated carbocycles. The number of rotatable bonds is 7. The minimum absolute atomic E-state index is 0.173. The van der Waals surface area contributed by atoms with E-state index >= 15 is 0 Å². The standard InChI is InChI=1S/C16H20O5/c1-5-21-16(19)14(11(3)17)10(2)15(18)12-6-8-13(20-4)9-7-12/h6-10,14H,5H2,1-4H3. The molecule has 5 nitrogen and oxygen atoms in total. The first-order chi connectivity index (χ1) is 9.92. The van der Waals surface area contributed by atoms with E-state index in [1.54, 1.807) is 38.1 Å². The van der Waals surface area contributed by atoms with Gasteiger partial charge in [-0.05, 0) is 38.1 Å². The largest absolute Gasteiger partial charge is 0.497 e. The summed E-state index contributed by atoms with van der Waals surface area (Å²) in [5.41, 5.74) is 0.429. The van der Waals surface area contributed by atoms with E-state index in [2.05, 4.69) is 0 Å². The minimum Gasteiger partial charge on any atom is -0.497 e. The Hall–Kier alpha value is -2.17. The Morgan fingerprint density at radius 3 is 2.14 bits per heavy atom. The number of hydrogen-bond donors (Lipinski definition) is 0. The van der Waals surface area contributed by atoms with Gasteiger partial charge < -0.3 is 9.47 Å². The third-order valence-corrected chi connectivity index (χ3v) is 3.27. The highest BCUT2D eigenvalue weighted by atomic mass is 16.5. The van der Waals surface area contributed by atoms with Crippen LogP contribution in [0.15, 0.2) is 24.3 Å². The van der Waals surface area contributed by atoms with Gasteiger partial charge in [-0.25, -0.2) is 0 Å². The summed E-state index contributed by atoms with van der Waals surface area (Å²) in [5.74, 6) is -2.50. The van der Waals surface area contributed by atoms with Crippen LogP contribution >= 0.6 is 0 Å². The number of carbonyl (C=O) groups excluding carboxylic acids is 3. The fourth-order valence-corrected chi connectivity index (χ4v) is 2.12. The predicted octanol–water partition coefficient (Wildman–Crippen LogP) is 2.28. The molecular weight excluding hydrogens is 272 g/mol. The van der Waals surface area contributed by atoms with Crippen molar-refractivity contribution in [1.29, 1.82) is 0 Å². The fourth-order valence-electron chi connectivity index (χ4n) is 2.12. The summed E-state index contributed by atoms with van der Waals surface area (Å²) in [6.45, 7) is 4.69. The average molecular weight is 292 g/mol. The predicted molar refractivity (Wildman–Crippen MR) is 77.3 cm³/mol. The molecule has 0 bridgehead atoms. The molecule has 1 rings (SSSR count). The van der Waals surface area contributed by atoms with E-state index in [0.717, 1.165) is 0 Å². The molecule has 0 amide bonds. The number of hydrogen-bond acceptors (Lipinski definition) is 5. The van der Waals surface area contributed by atoms with Crippen LogP contribution in [-0.4, -0.2) is 31.3 Å². The first-order valence-electron chi connectivity index (χ1n) is 6.77. The molecule has 0 aliphatic rings. The summed E-state index contributed by atoms with van der Waals surface area (Å²) < 4.78 is 9.90. The monoisotopic (exact) mass is 292 g/mol. The maximum Gasteiger partial charge on any atom is 0.317 e. The van der Waals surface area contributed by atoms with E-state index in [1.807, 2.05) is 0 Å². The lowest BCUT2D eigenvalue weighted by Gasteiger charge is -2.19. The lowest BCUT2D eigenvalue weighted by atomic mass is 9.85. The van der Waals surface area contributed by atoms with E-state index in [-0.39, 0.29) is 18.2 Å². The van der Waals surface area contributed by atoms with Gasteiger partial charge in [0.2, 0.25) is 0 Å². The van der Waals surface area contributed by atoms with Crippen molar-refractivity contribution in [2.75, 3.05) is 13.7 Å². The molecule has 0 aliphatic carbocycles. The normalized spacial score (nSPS) is 13.1. The molecular formula is C16H20O5. The van der Waals surface area contributed by atoms with Crippen molar-refractivity contribution >= 4 is 17.5 Å². The van der Waals surface area contributed by atoms with Crippen molar-refractivity contribution in [2.24, 2.45) is 11.8 Å². The van der Waals surface area contributed by atoms with Gasteiger partial charge in [0, 0.05) is 11.5 Å². The highest BCUT2D eigenvalue weighted by molar-refractivity contribution is 6.07. The molecule has 1 aromatic carbocycles. The molecule has 21 heavy (non-hydrogen) atoms. The van der Waals surface area contributed by atoms with E-state index in [1.165, 1.54) is 14.0 Å². The van der Waals surface area contributed by atoms with Crippen LogP contribution in [0.3, 0.4) is 0 Å². The zero-order valence-corrected chi connectivity index (χ0v) is 12.7. The molecule has 0 saturated heterocycles. The second-order valence-corrected chi connectivity index (χ2v) is 4.72. The van der Waals surface area contributed by atoms with Gasteiger partial charge in [0.15, 0.2) is 5.78 Å². The molecule has 0 heterocycles. The lowest BCUT2D eigenvalue weighted by Crippen LogP contribution is -2.34. The summed E-state index contributed by atoms with van der Waals surface area (Å²) in [7, 11) is 1.53. The Morgan fingerprint density at radius 1 is 1.14 bits per heavy atom. The van der Waals surface area contributed by atoms with Crippen LogP contribution in [0.4, 0.5) is 0 Å². The van der Waals surface area contributed by atoms with E-state index in [9.17, 15) is 14.4 Å². The number of esters is 1. The van der Waals surface area contributed by atoms with Crippen LogP contribution < -0.4 is 4.74 Å². The van der Waals surface area contributed by atoms with E-state index in [4.69, 9.17) is 9.47 Å². The quantitative estimate of drug-likeness (QED) is 0.438. The second kappa shape index (κ2) is 7.57. The third-order valence-electron chi connectivity index (χ3n) is 3.27. The number of Topliss-reactive ketones (excluding diaryl/α,β-unsaturated/α-hetero) is 2. The van der Waals surface area contributed by atoms with Crippen molar-refractivity contribution in [3.63, 3.8) is 0 Å². The summed E-state index contributed by atoms with van der Waals surface area (Å²) in [5, 5.41) is 0. The van der Waals surface area contributed by atoms with Crippen LogP contribution in [0.25, 0.3) is 0 Å². The van der Waals surface area contributed by atoms with Crippen molar-refractivity contribution in [1.82, 2.24) is 0 Å². The number of ketones is 2. The summed E-state index contributed by atoms with van der Waals surface area (Å²) in [6.07, 6.45) is 0. The number of benzene rings is 1. The molecule has 1 aromatic rings. The zero-order valence-electron chi connectivity index (χ0n) is 12.7. The van der Waals surface area contributed by atoms with Crippen LogP contribution in [-0.2, 0) is 14.3 Å². The summed E-state index contributed by atoms with van der Waals surface area (Å²) in [6, 6.07) is 6.54. The molecule has 0 radical (unpaired) electrons. The molecule has 0 spiro atoms. The number of ether oxygens (including phenoxy) is 2. The van der Waals surface area contributed by atoms with Gasteiger partial charge in [-0.2, -0.15) is 0 Å². The molecule has 5 heteroatoms. The number of methoxy groups -OCH3 is 1. The molecule has 2 unspecified atom stereocenters. The van der Waals surface area contributed by atoms with Gasteiger partial charge in [-0.15, -0.1) is 0 Å². The molecule has 0 aliphatic heterocycles. The average Bonchev–Trinajstić information content (AvgIpc) is 2.46. The third kappa shape index (κ3) is 4.15. The van der Waals surface area contributed by atoms with Crippen LogP contribution in [0.1, 0.15) is 31.1 Å². The Kier molecular flexibility index (Phi) is 6.09. The Morgan fingerprint density at radius 2 is 1.71 bits per heavy atom. The maximum atomic E-state index is 12.4. The lowest BCUT2D eigenvalue weighted by molar-refractivity contribution is -0.152. The minimum atomic E-state index is -1.07. The number of carbonyl (C=O) groups is 3. The van der Waals surface area contributed by atoms with Crippen molar-refractivity contribution in [3.8, 4) is 5.75 Å². The Balaban J connectivity index is 2.96. The highest BCUT2D eigenvalue weighted by Crippen LogP contribution is 2.21. The SMILES string of the molecule is CCOC(=O)C(C(C)=O)C(C)C(=O)c1ccc(OC)cc1. The van der Waals surface area contributed by atoms with Crippen LogP contribution in [0.2, 0.25) is 0 Å². The van der Waals surface area contributed by atoms with E-state index in [0.29, 0.717) is 11.3 Å². The van der Waals surface area contributed by atoms with E-state index < -0.39 is 17.8 Å². The molecule has 0 aromatic heterocycles. The summed E-state index contributed by atoms with van der Waals surface area (Å²) in [4.78, 5) is 35.9. The fraction of sp³-hybridized carbons (Fsp3) is 0.438. The Labute approximate surface area is 124 Å². The molecule has 0 fully saturated rings. The highest BCUT2D eigenvalue weighted by Gasteiger charge is 2.35. The molecule has 2 atom stereocenters. The Bertz CT molecular complexity index is 518. The van der Waals surface area contributed by atoms with Crippen molar-refractivity contribution < 1.29 is 23.9 Å². The van der Waals surface area contributed by atoms with Gasteiger partial charge in [0.1, 0.15) is 17.5 Å². The zero-order chi connectivity index (χ0) is 16.0. The first-order valence-corrected chi connectivity index (χ1v) is 6.77. The molecule has 0 N–H and O–H groups in total. The molecule has 114 valence electrons. The van der Waals surface area contributed by atoms with Crippen LogP contribution in [0.5, 0.6) is 5.75 Å². The smallest absolute Gasteiger partial charge is 0.317 e. The van der Waals surface area contributed by atoms with Gasteiger partial charge in [-0.1, -0.05) is 6.92 Å². The van der Waals surface area contributed by atoms with Gasteiger partial charge >= 0.3 is 5.97 Å². The van der Waals surface area contributed by atoms with Crippen LogP contribution in [0, 0.1) is 11.8 Å². The summed E-state index contributed by atoms with van der Waals surface area (Å²) >= 11 is 0. The van der Waals surface area contributed by atoms with Gasteiger partial charge in [-0.3, -0.25) is 14.4 Å². The topological polar surface area (TPSA) is 69.7 Å². The first kappa shape index (κ1) is 16.9. The van der Waals surface area contributed by atoms with Crippen molar-refractivity contribution in [2.45, 2.75) is 20.8 Å². The van der Waals surface area contributed by atoms with Crippen molar-refractivity contribution in [3.05, 3.63) is 29.8 Å². The second-order valence-electron chi connectivity index (χ2n) is 4.72.